The summed E-state index contributed by atoms with van der Waals surface area (Å²) in [4.78, 5) is 25.6. The Morgan fingerprint density at radius 3 is 2.00 bits per heavy atom. The first kappa shape index (κ1) is 17.6. The number of hydrogen-bond acceptors (Lipinski definition) is 2. The molecule has 0 spiro atoms. The van der Waals surface area contributed by atoms with Crippen LogP contribution in [0.1, 0.15) is 62.7 Å². The highest BCUT2D eigenvalue weighted by molar-refractivity contribution is 5.97. The standard InChI is InChI=1S/C22H30N2O2/c1-14(2)19(23-20(25)18-6-4-3-5-7-18)21(26)24-22-11-15-8-16(12-22)10-17(9-15)13-22/h3-7,14-17,19H,8-13H2,1-2H3,(H,23,25)(H,24,26). The lowest BCUT2D eigenvalue weighted by Gasteiger charge is -2.57. The zero-order valence-electron chi connectivity index (χ0n) is 15.8. The molecule has 4 nitrogen and oxygen atoms in total. The molecule has 4 aliphatic rings. The van der Waals surface area contributed by atoms with Crippen LogP contribution in [-0.4, -0.2) is 23.4 Å². The van der Waals surface area contributed by atoms with Gasteiger partial charge < -0.3 is 10.6 Å². The fourth-order valence-corrected chi connectivity index (χ4v) is 5.95. The topological polar surface area (TPSA) is 58.2 Å². The summed E-state index contributed by atoms with van der Waals surface area (Å²) in [5.41, 5.74) is 0.581. The lowest BCUT2D eigenvalue weighted by molar-refractivity contribution is -0.129. The van der Waals surface area contributed by atoms with Crippen LogP contribution < -0.4 is 10.6 Å². The Balaban J connectivity index is 1.45. The summed E-state index contributed by atoms with van der Waals surface area (Å²) in [5.74, 6) is 2.24. The second kappa shape index (κ2) is 6.71. The van der Waals surface area contributed by atoms with Crippen molar-refractivity contribution < 1.29 is 9.59 Å². The molecule has 0 aliphatic heterocycles. The van der Waals surface area contributed by atoms with Crippen molar-refractivity contribution >= 4 is 11.8 Å². The highest BCUT2D eigenvalue weighted by atomic mass is 16.2. The van der Waals surface area contributed by atoms with E-state index in [9.17, 15) is 9.59 Å². The quantitative estimate of drug-likeness (QED) is 0.850. The van der Waals surface area contributed by atoms with Gasteiger partial charge in [-0.1, -0.05) is 32.0 Å². The van der Waals surface area contributed by atoms with Crippen molar-refractivity contribution in [3.63, 3.8) is 0 Å². The average molecular weight is 354 g/mol. The van der Waals surface area contributed by atoms with Gasteiger partial charge in [-0.3, -0.25) is 9.59 Å². The third-order valence-electron chi connectivity index (χ3n) is 6.70. The molecule has 26 heavy (non-hydrogen) atoms. The van der Waals surface area contributed by atoms with E-state index in [-0.39, 0.29) is 23.3 Å². The smallest absolute Gasteiger partial charge is 0.251 e. The molecule has 1 aromatic carbocycles. The Morgan fingerprint density at radius 1 is 0.962 bits per heavy atom. The van der Waals surface area contributed by atoms with E-state index in [1.807, 2.05) is 32.0 Å². The van der Waals surface area contributed by atoms with Crippen LogP contribution in [0.15, 0.2) is 30.3 Å². The molecule has 4 heteroatoms. The lowest BCUT2D eigenvalue weighted by Crippen LogP contribution is -2.63. The molecule has 2 N–H and O–H groups in total. The van der Waals surface area contributed by atoms with Gasteiger partial charge in [-0.25, -0.2) is 0 Å². The van der Waals surface area contributed by atoms with Crippen LogP contribution in [0.2, 0.25) is 0 Å². The van der Waals surface area contributed by atoms with Crippen LogP contribution >= 0.6 is 0 Å². The summed E-state index contributed by atoms with van der Waals surface area (Å²) in [6, 6.07) is 8.64. The summed E-state index contributed by atoms with van der Waals surface area (Å²) in [5, 5.41) is 6.37. The molecule has 4 aliphatic carbocycles. The Kier molecular flexibility index (Phi) is 4.54. The van der Waals surface area contributed by atoms with Crippen LogP contribution in [-0.2, 0) is 4.79 Å². The third-order valence-corrected chi connectivity index (χ3v) is 6.70. The van der Waals surface area contributed by atoms with E-state index >= 15 is 0 Å². The zero-order chi connectivity index (χ0) is 18.3. The fraction of sp³-hybridized carbons (Fsp3) is 0.636. The van der Waals surface area contributed by atoms with Crippen molar-refractivity contribution in [2.24, 2.45) is 23.7 Å². The first-order chi connectivity index (χ1) is 12.4. The molecule has 0 saturated heterocycles. The second-order valence-electron chi connectivity index (χ2n) is 9.25. The Morgan fingerprint density at radius 2 is 1.50 bits per heavy atom. The molecule has 1 aromatic rings. The van der Waals surface area contributed by atoms with E-state index in [2.05, 4.69) is 10.6 Å². The van der Waals surface area contributed by atoms with Gasteiger partial charge >= 0.3 is 0 Å². The highest BCUT2D eigenvalue weighted by Gasteiger charge is 2.52. The van der Waals surface area contributed by atoms with Crippen molar-refractivity contribution in [2.45, 2.75) is 64.0 Å². The van der Waals surface area contributed by atoms with Crippen molar-refractivity contribution in [3.8, 4) is 0 Å². The van der Waals surface area contributed by atoms with Gasteiger partial charge in [0.25, 0.3) is 5.91 Å². The SMILES string of the molecule is CC(C)C(NC(=O)c1ccccc1)C(=O)NC12CC3CC(CC(C3)C1)C2. The largest absolute Gasteiger partial charge is 0.349 e. The molecule has 0 radical (unpaired) electrons. The minimum atomic E-state index is -0.490. The highest BCUT2D eigenvalue weighted by Crippen LogP contribution is 2.55. The van der Waals surface area contributed by atoms with E-state index in [0.717, 1.165) is 37.0 Å². The van der Waals surface area contributed by atoms with E-state index < -0.39 is 6.04 Å². The number of rotatable bonds is 5. The van der Waals surface area contributed by atoms with Crippen molar-refractivity contribution in [3.05, 3.63) is 35.9 Å². The average Bonchev–Trinajstić information content (AvgIpc) is 2.58. The Labute approximate surface area is 156 Å². The molecule has 1 atom stereocenters. The van der Waals surface area contributed by atoms with Crippen LogP contribution in [0.3, 0.4) is 0 Å². The zero-order valence-corrected chi connectivity index (χ0v) is 15.8. The maximum Gasteiger partial charge on any atom is 0.251 e. The van der Waals surface area contributed by atoms with Crippen LogP contribution in [0, 0.1) is 23.7 Å². The summed E-state index contributed by atoms with van der Waals surface area (Å²) >= 11 is 0. The predicted molar refractivity (Wildman–Crippen MR) is 102 cm³/mol. The van der Waals surface area contributed by atoms with Gasteiger partial charge in [0.05, 0.1) is 0 Å². The normalized spacial score (nSPS) is 33.1. The minimum Gasteiger partial charge on any atom is -0.349 e. The van der Waals surface area contributed by atoms with Crippen molar-refractivity contribution in [1.82, 2.24) is 10.6 Å². The van der Waals surface area contributed by atoms with Gasteiger partial charge in [0, 0.05) is 11.1 Å². The Bertz CT molecular complexity index is 647. The number of carbonyl (C=O) groups excluding carboxylic acids is 2. The fourth-order valence-electron chi connectivity index (χ4n) is 5.95. The maximum atomic E-state index is 13.1. The van der Waals surface area contributed by atoms with Crippen LogP contribution in [0.5, 0.6) is 0 Å². The molecular weight excluding hydrogens is 324 g/mol. The minimum absolute atomic E-state index is 0.00812. The van der Waals surface area contributed by atoms with E-state index in [4.69, 9.17) is 0 Å². The Hall–Kier alpha value is -1.84. The monoisotopic (exact) mass is 354 g/mol. The number of nitrogens with one attached hydrogen (secondary N) is 2. The van der Waals surface area contributed by atoms with Crippen molar-refractivity contribution in [1.29, 1.82) is 0 Å². The molecule has 4 saturated carbocycles. The predicted octanol–water partition coefficient (Wildman–Crippen LogP) is 3.53. The van der Waals surface area contributed by atoms with Crippen LogP contribution in [0.25, 0.3) is 0 Å². The van der Waals surface area contributed by atoms with Crippen molar-refractivity contribution in [2.75, 3.05) is 0 Å². The lowest BCUT2D eigenvalue weighted by atomic mass is 9.53. The van der Waals surface area contributed by atoms with E-state index in [0.29, 0.717) is 5.56 Å². The molecule has 2 amide bonds. The molecule has 140 valence electrons. The first-order valence-electron chi connectivity index (χ1n) is 10.1. The number of hydrogen-bond donors (Lipinski definition) is 2. The molecule has 4 bridgehead atoms. The summed E-state index contributed by atoms with van der Waals surface area (Å²) in [6.07, 6.45) is 7.45. The van der Waals surface area contributed by atoms with Gasteiger partial charge in [-0.05, 0) is 74.3 Å². The third kappa shape index (κ3) is 3.38. The summed E-state index contributed by atoms with van der Waals surface area (Å²) in [6.45, 7) is 3.99. The first-order valence-corrected chi connectivity index (χ1v) is 10.1. The second-order valence-corrected chi connectivity index (χ2v) is 9.25. The molecule has 1 unspecified atom stereocenters. The number of benzene rings is 1. The van der Waals surface area contributed by atoms with Gasteiger partial charge in [0.2, 0.25) is 5.91 Å². The molecule has 0 heterocycles. The summed E-state index contributed by atoms with van der Waals surface area (Å²) in [7, 11) is 0. The van der Waals surface area contributed by atoms with Gasteiger partial charge in [-0.2, -0.15) is 0 Å². The van der Waals surface area contributed by atoms with Gasteiger partial charge in [0.15, 0.2) is 0 Å². The number of carbonyl (C=O) groups is 2. The van der Waals surface area contributed by atoms with E-state index in [1.165, 1.54) is 19.3 Å². The molecule has 0 aromatic heterocycles. The maximum absolute atomic E-state index is 13.1. The van der Waals surface area contributed by atoms with E-state index in [1.54, 1.807) is 12.1 Å². The van der Waals surface area contributed by atoms with Gasteiger partial charge in [-0.15, -0.1) is 0 Å². The molecule has 4 fully saturated rings. The van der Waals surface area contributed by atoms with Crippen LogP contribution in [0.4, 0.5) is 0 Å². The molecular formula is C22H30N2O2. The number of amides is 2. The molecule has 5 rings (SSSR count). The summed E-state index contributed by atoms with van der Waals surface area (Å²) < 4.78 is 0. The van der Waals surface area contributed by atoms with Gasteiger partial charge in [0.1, 0.15) is 6.04 Å².